The molecule has 1 aromatic heterocycles. The van der Waals surface area contributed by atoms with E-state index in [1.165, 1.54) is 34.7 Å². The highest BCUT2D eigenvalue weighted by Gasteiger charge is 2.27. The van der Waals surface area contributed by atoms with Crippen LogP contribution in [0.4, 0.5) is 15.2 Å². The molecule has 33 heavy (non-hydrogen) atoms. The molecule has 0 bridgehead atoms. The predicted octanol–water partition coefficient (Wildman–Crippen LogP) is 3.86. The molecular weight excluding hydrogens is 463 g/mol. The Labute approximate surface area is 197 Å². The number of sulfonamides is 1. The summed E-state index contributed by atoms with van der Waals surface area (Å²) in [7, 11) is -3.66. The van der Waals surface area contributed by atoms with Gasteiger partial charge >= 0.3 is 0 Å². The average molecular weight is 489 g/mol. The van der Waals surface area contributed by atoms with Gasteiger partial charge in [0.2, 0.25) is 15.9 Å². The van der Waals surface area contributed by atoms with Gasteiger partial charge in [-0.2, -0.15) is 4.31 Å². The van der Waals surface area contributed by atoms with Crippen LogP contribution < -0.4 is 4.90 Å². The monoisotopic (exact) mass is 488 g/mol. The summed E-state index contributed by atoms with van der Waals surface area (Å²) in [6.07, 6.45) is 0.682. The van der Waals surface area contributed by atoms with E-state index >= 15 is 0 Å². The van der Waals surface area contributed by atoms with Crippen LogP contribution in [-0.2, 0) is 21.4 Å². The fourth-order valence-corrected chi connectivity index (χ4v) is 6.15. The molecule has 4 rings (SSSR count). The van der Waals surface area contributed by atoms with E-state index < -0.39 is 15.8 Å². The molecule has 0 spiro atoms. The van der Waals surface area contributed by atoms with Crippen molar-refractivity contribution in [1.29, 1.82) is 0 Å². The molecule has 1 fully saturated rings. The maximum Gasteiger partial charge on any atom is 0.243 e. The third kappa shape index (κ3) is 5.47. The first-order valence-corrected chi connectivity index (χ1v) is 12.9. The second-order valence-electron chi connectivity index (χ2n) is 7.80. The van der Waals surface area contributed by atoms with Gasteiger partial charge in [0.1, 0.15) is 5.82 Å². The molecule has 3 aromatic rings. The van der Waals surface area contributed by atoms with Gasteiger partial charge < -0.3 is 0 Å². The van der Waals surface area contributed by atoms with Gasteiger partial charge in [0.25, 0.3) is 0 Å². The highest BCUT2D eigenvalue weighted by atomic mass is 32.2. The number of amides is 1. The molecule has 1 amide bonds. The van der Waals surface area contributed by atoms with Crippen molar-refractivity contribution < 1.29 is 17.6 Å². The van der Waals surface area contributed by atoms with E-state index in [0.717, 1.165) is 30.1 Å². The molecule has 1 aliphatic heterocycles. The summed E-state index contributed by atoms with van der Waals surface area (Å²) in [6.45, 7) is 4.13. The zero-order chi connectivity index (χ0) is 23.4. The molecule has 0 aliphatic carbocycles. The molecule has 1 aliphatic rings. The number of carbonyl (C=O) groups excluding carboxylic acids is 1. The van der Waals surface area contributed by atoms with Crippen LogP contribution in [-0.4, -0.2) is 54.7 Å². The summed E-state index contributed by atoms with van der Waals surface area (Å²) in [5.41, 5.74) is 1.61. The van der Waals surface area contributed by atoms with Crippen LogP contribution in [0.15, 0.2) is 64.9 Å². The third-order valence-corrected chi connectivity index (χ3v) is 8.23. The number of carbonyl (C=O) groups is 1. The van der Waals surface area contributed by atoms with E-state index in [9.17, 15) is 17.6 Å². The smallest absolute Gasteiger partial charge is 0.243 e. The number of rotatable bonds is 6. The summed E-state index contributed by atoms with van der Waals surface area (Å²) in [4.78, 5) is 20.8. The average Bonchev–Trinajstić information content (AvgIpc) is 3.10. The molecule has 0 atom stereocenters. The van der Waals surface area contributed by atoms with E-state index in [4.69, 9.17) is 0 Å². The first-order valence-electron chi connectivity index (χ1n) is 10.6. The number of nitrogens with zero attached hydrogens (tertiary/aromatic N) is 4. The van der Waals surface area contributed by atoms with Crippen LogP contribution in [0.25, 0.3) is 0 Å². The second-order valence-corrected chi connectivity index (χ2v) is 10.6. The number of thiazole rings is 1. The summed E-state index contributed by atoms with van der Waals surface area (Å²) in [5, 5.41) is 2.55. The van der Waals surface area contributed by atoms with Gasteiger partial charge in [0.05, 0.1) is 16.3 Å². The standard InChI is InChI=1S/C23H25FN4O3S2/c1-18(29)28(21-6-3-2-4-7-21)23-25-20(17-32-23)16-26-12-5-13-27(15-14-26)33(30,31)22-10-8-19(24)9-11-22/h2-4,6-11,17H,5,12-16H2,1H3. The fourth-order valence-electron chi connectivity index (χ4n) is 3.81. The van der Waals surface area contributed by atoms with Crippen LogP contribution in [0.5, 0.6) is 0 Å². The van der Waals surface area contributed by atoms with Gasteiger partial charge in [0, 0.05) is 38.5 Å². The molecule has 174 valence electrons. The highest BCUT2D eigenvalue weighted by Crippen LogP contribution is 2.29. The molecule has 1 saturated heterocycles. The Morgan fingerprint density at radius 1 is 1.06 bits per heavy atom. The zero-order valence-corrected chi connectivity index (χ0v) is 19.9. The Bertz CT molecular complexity index is 1200. The quantitative estimate of drug-likeness (QED) is 0.527. The molecule has 0 N–H and O–H groups in total. The Morgan fingerprint density at radius 3 is 2.48 bits per heavy atom. The largest absolute Gasteiger partial charge is 0.296 e. The van der Waals surface area contributed by atoms with E-state index in [0.29, 0.717) is 37.7 Å². The van der Waals surface area contributed by atoms with Gasteiger partial charge in [-0.05, 0) is 49.4 Å². The Kier molecular flexibility index (Phi) is 7.18. The lowest BCUT2D eigenvalue weighted by Crippen LogP contribution is -2.35. The Balaban J connectivity index is 1.42. The number of aromatic nitrogens is 1. The molecule has 0 saturated carbocycles. The zero-order valence-electron chi connectivity index (χ0n) is 18.2. The predicted molar refractivity (Wildman–Crippen MR) is 126 cm³/mol. The summed E-state index contributed by atoms with van der Waals surface area (Å²) in [6, 6.07) is 14.3. The maximum absolute atomic E-state index is 13.2. The van der Waals surface area contributed by atoms with Crippen LogP contribution in [0, 0.1) is 5.82 Å². The summed E-state index contributed by atoms with van der Waals surface area (Å²) < 4.78 is 40.5. The fraction of sp³-hybridized carbons (Fsp3) is 0.304. The number of para-hydroxylation sites is 1. The molecule has 0 unspecified atom stereocenters. The van der Waals surface area contributed by atoms with Crippen molar-refractivity contribution in [2.45, 2.75) is 24.8 Å². The van der Waals surface area contributed by atoms with Crippen LogP contribution in [0.1, 0.15) is 19.0 Å². The first-order chi connectivity index (χ1) is 15.8. The topological polar surface area (TPSA) is 73.8 Å². The van der Waals surface area contributed by atoms with Gasteiger partial charge in [-0.25, -0.2) is 17.8 Å². The Morgan fingerprint density at radius 2 is 1.79 bits per heavy atom. The maximum atomic E-state index is 13.2. The summed E-state index contributed by atoms with van der Waals surface area (Å²) in [5.74, 6) is -0.576. The Hall–Kier alpha value is -2.66. The molecule has 7 nitrogen and oxygen atoms in total. The van der Waals surface area contributed by atoms with Gasteiger partial charge in [-0.15, -0.1) is 11.3 Å². The molecule has 2 heterocycles. The summed E-state index contributed by atoms with van der Waals surface area (Å²) >= 11 is 1.41. The lowest BCUT2D eigenvalue weighted by Gasteiger charge is -2.21. The number of anilines is 2. The number of halogens is 1. The van der Waals surface area contributed by atoms with Crippen molar-refractivity contribution in [1.82, 2.24) is 14.2 Å². The minimum Gasteiger partial charge on any atom is -0.296 e. The molecule has 0 radical (unpaired) electrons. The second kappa shape index (κ2) is 10.1. The number of hydrogen-bond acceptors (Lipinski definition) is 6. The molecular formula is C23H25FN4O3S2. The number of hydrogen-bond donors (Lipinski definition) is 0. The first kappa shape index (κ1) is 23.5. The van der Waals surface area contributed by atoms with Gasteiger partial charge in [0.15, 0.2) is 5.13 Å². The van der Waals surface area contributed by atoms with E-state index in [-0.39, 0.29) is 10.8 Å². The van der Waals surface area contributed by atoms with Crippen molar-refractivity contribution >= 4 is 38.1 Å². The highest BCUT2D eigenvalue weighted by molar-refractivity contribution is 7.89. The number of benzene rings is 2. The van der Waals surface area contributed by atoms with Crippen LogP contribution in [0.3, 0.4) is 0 Å². The van der Waals surface area contributed by atoms with Gasteiger partial charge in [-0.1, -0.05) is 18.2 Å². The van der Waals surface area contributed by atoms with E-state index in [1.54, 1.807) is 4.90 Å². The lowest BCUT2D eigenvalue weighted by atomic mass is 10.3. The van der Waals surface area contributed by atoms with Crippen molar-refractivity contribution in [2.24, 2.45) is 0 Å². The van der Waals surface area contributed by atoms with Crippen molar-refractivity contribution in [3.05, 3.63) is 71.5 Å². The SMILES string of the molecule is CC(=O)N(c1ccccc1)c1nc(CN2CCCN(S(=O)(=O)c3ccc(F)cc3)CC2)cs1. The van der Waals surface area contributed by atoms with Crippen LogP contribution >= 0.6 is 11.3 Å². The van der Waals surface area contributed by atoms with Gasteiger partial charge in [-0.3, -0.25) is 14.6 Å². The van der Waals surface area contributed by atoms with Crippen molar-refractivity contribution in [2.75, 3.05) is 31.1 Å². The third-order valence-electron chi connectivity index (χ3n) is 5.44. The molecule has 2 aromatic carbocycles. The van der Waals surface area contributed by atoms with Crippen molar-refractivity contribution in [3.8, 4) is 0 Å². The molecule has 10 heteroatoms. The van der Waals surface area contributed by atoms with E-state index in [1.807, 2.05) is 35.7 Å². The lowest BCUT2D eigenvalue weighted by molar-refractivity contribution is -0.115. The van der Waals surface area contributed by atoms with E-state index in [2.05, 4.69) is 9.88 Å². The van der Waals surface area contributed by atoms with Crippen LogP contribution in [0.2, 0.25) is 0 Å². The normalized spacial score (nSPS) is 15.8. The minimum atomic E-state index is -3.66. The van der Waals surface area contributed by atoms with Crippen molar-refractivity contribution in [3.63, 3.8) is 0 Å². The minimum absolute atomic E-state index is 0.103.